The summed E-state index contributed by atoms with van der Waals surface area (Å²) < 4.78 is 17.5. The second kappa shape index (κ2) is 6.63. The summed E-state index contributed by atoms with van der Waals surface area (Å²) in [6, 6.07) is 5.90. The molecule has 1 aliphatic carbocycles. The van der Waals surface area contributed by atoms with E-state index in [1.807, 2.05) is 30.4 Å². The third kappa shape index (κ3) is 2.64. The summed E-state index contributed by atoms with van der Waals surface area (Å²) in [6.07, 6.45) is 7.16. The Morgan fingerprint density at radius 1 is 1.19 bits per heavy atom. The lowest BCUT2D eigenvalue weighted by molar-refractivity contribution is 0.151. The standard InChI is InChI=1S/C20H16BrN3O3/c1-25-16-7-12(14(21)8-17(16)26-2)18-11-3-4-15-10(5-6-24-15)19(11)27-20(23)13(18)9-22/h3-8,18-19H,23H2,1-2H3. The molecular weight excluding hydrogens is 410 g/mol. The van der Waals surface area contributed by atoms with Crippen LogP contribution in [0.3, 0.4) is 0 Å². The molecule has 1 aromatic carbocycles. The molecule has 0 saturated carbocycles. The van der Waals surface area contributed by atoms with Crippen LogP contribution in [0.5, 0.6) is 11.5 Å². The third-order valence-corrected chi connectivity index (χ3v) is 5.54. The molecule has 2 aliphatic heterocycles. The molecule has 2 N–H and O–H groups in total. The van der Waals surface area contributed by atoms with E-state index in [-0.39, 0.29) is 17.9 Å². The number of allylic oxidation sites excluding steroid dienone is 4. The van der Waals surface area contributed by atoms with Gasteiger partial charge in [0.25, 0.3) is 0 Å². The van der Waals surface area contributed by atoms with Gasteiger partial charge in [0.1, 0.15) is 17.7 Å². The Balaban J connectivity index is 1.92. The first-order valence-electron chi connectivity index (χ1n) is 8.23. The van der Waals surface area contributed by atoms with Crippen molar-refractivity contribution < 1.29 is 14.2 Å². The minimum Gasteiger partial charge on any atom is -0.493 e. The molecule has 4 rings (SSSR count). The van der Waals surface area contributed by atoms with Crippen molar-refractivity contribution in [3.05, 3.63) is 68.7 Å². The molecule has 0 amide bonds. The summed E-state index contributed by atoms with van der Waals surface area (Å²) in [7, 11) is 3.16. The minimum atomic E-state index is -0.380. The number of halogens is 1. The van der Waals surface area contributed by atoms with Crippen LogP contribution in [0.15, 0.2) is 68.1 Å². The summed E-state index contributed by atoms with van der Waals surface area (Å²) in [5, 5.41) is 9.77. The molecule has 2 unspecified atom stereocenters. The molecular formula is C20H16BrN3O3. The van der Waals surface area contributed by atoms with E-state index >= 15 is 0 Å². The van der Waals surface area contributed by atoms with Crippen molar-refractivity contribution in [2.45, 2.75) is 12.0 Å². The first-order chi connectivity index (χ1) is 13.1. The quantitative estimate of drug-likeness (QED) is 0.800. The predicted octanol–water partition coefficient (Wildman–Crippen LogP) is 3.48. The van der Waals surface area contributed by atoms with Gasteiger partial charge in [0.15, 0.2) is 17.4 Å². The van der Waals surface area contributed by atoms with Gasteiger partial charge < -0.3 is 19.9 Å². The van der Waals surface area contributed by atoms with Gasteiger partial charge in [-0.2, -0.15) is 5.26 Å². The summed E-state index contributed by atoms with van der Waals surface area (Å²) in [6.45, 7) is 0. The molecule has 0 radical (unpaired) electrons. The Morgan fingerprint density at radius 3 is 2.63 bits per heavy atom. The zero-order chi connectivity index (χ0) is 19.1. The molecule has 0 aromatic heterocycles. The van der Waals surface area contributed by atoms with E-state index in [2.05, 4.69) is 27.0 Å². The van der Waals surface area contributed by atoms with Crippen LogP contribution in [0.25, 0.3) is 0 Å². The number of methoxy groups -OCH3 is 2. The predicted molar refractivity (Wildman–Crippen MR) is 104 cm³/mol. The number of rotatable bonds is 3. The zero-order valence-electron chi connectivity index (χ0n) is 14.7. The molecule has 0 spiro atoms. The normalized spacial score (nSPS) is 22.7. The molecule has 2 heterocycles. The number of hydrogen-bond donors (Lipinski definition) is 1. The van der Waals surface area contributed by atoms with Crippen LogP contribution < -0.4 is 15.2 Å². The highest BCUT2D eigenvalue weighted by atomic mass is 79.9. The number of aliphatic imine (C=N–C) groups is 1. The fourth-order valence-corrected chi connectivity index (χ4v) is 4.14. The van der Waals surface area contributed by atoms with Crippen molar-refractivity contribution >= 4 is 22.1 Å². The van der Waals surface area contributed by atoms with E-state index in [4.69, 9.17) is 19.9 Å². The Hall–Kier alpha value is -2.98. The monoisotopic (exact) mass is 425 g/mol. The average molecular weight is 426 g/mol. The Labute approximate surface area is 165 Å². The summed E-state index contributed by atoms with van der Waals surface area (Å²) in [5.41, 5.74) is 10.1. The maximum absolute atomic E-state index is 9.77. The van der Waals surface area contributed by atoms with E-state index in [0.717, 1.165) is 26.9 Å². The molecule has 6 nitrogen and oxygen atoms in total. The van der Waals surface area contributed by atoms with Crippen LogP contribution in [0.1, 0.15) is 11.5 Å². The fraction of sp³-hybridized carbons (Fsp3) is 0.200. The highest BCUT2D eigenvalue weighted by molar-refractivity contribution is 9.10. The molecule has 2 atom stereocenters. The molecule has 0 bridgehead atoms. The third-order valence-electron chi connectivity index (χ3n) is 4.85. The molecule has 0 saturated heterocycles. The maximum atomic E-state index is 9.77. The number of hydrogen-bond acceptors (Lipinski definition) is 6. The topological polar surface area (TPSA) is 89.9 Å². The Bertz CT molecular complexity index is 1030. The van der Waals surface area contributed by atoms with Crippen LogP contribution in [0, 0.1) is 11.3 Å². The van der Waals surface area contributed by atoms with Gasteiger partial charge in [-0.25, -0.2) is 0 Å². The second-order valence-corrected chi connectivity index (χ2v) is 7.02. The number of benzene rings is 1. The first-order valence-corrected chi connectivity index (χ1v) is 9.02. The van der Waals surface area contributed by atoms with Crippen molar-refractivity contribution in [1.29, 1.82) is 5.26 Å². The first kappa shape index (κ1) is 17.4. The lowest BCUT2D eigenvalue weighted by Crippen LogP contribution is -2.33. The molecule has 27 heavy (non-hydrogen) atoms. The lowest BCUT2D eigenvalue weighted by Gasteiger charge is -2.36. The van der Waals surface area contributed by atoms with Gasteiger partial charge in [0.2, 0.25) is 0 Å². The Kier molecular flexibility index (Phi) is 4.28. The molecule has 136 valence electrons. The zero-order valence-corrected chi connectivity index (χ0v) is 16.3. The van der Waals surface area contributed by atoms with Crippen LogP contribution >= 0.6 is 15.9 Å². The van der Waals surface area contributed by atoms with Gasteiger partial charge in [0, 0.05) is 16.3 Å². The van der Waals surface area contributed by atoms with Crippen LogP contribution in [-0.2, 0) is 4.74 Å². The number of ether oxygens (including phenoxy) is 3. The highest BCUT2D eigenvalue weighted by Crippen LogP contribution is 2.49. The van der Waals surface area contributed by atoms with E-state index < -0.39 is 0 Å². The van der Waals surface area contributed by atoms with Crippen molar-refractivity contribution in [3.8, 4) is 17.6 Å². The summed E-state index contributed by atoms with van der Waals surface area (Å²) >= 11 is 3.61. The van der Waals surface area contributed by atoms with Crippen LogP contribution in [-0.4, -0.2) is 26.5 Å². The molecule has 3 aliphatic rings. The second-order valence-electron chi connectivity index (χ2n) is 6.17. The summed E-state index contributed by atoms with van der Waals surface area (Å²) in [5.74, 6) is 0.923. The largest absolute Gasteiger partial charge is 0.493 e. The van der Waals surface area contributed by atoms with Gasteiger partial charge in [-0.05, 0) is 35.4 Å². The van der Waals surface area contributed by atoms with Gasteiger partial charge in [-0.3, -0.25) is 4.99 Å². The molecule has 7 heteroatoms. The minimum absolute atomic E-state index is 0.125. The number of nitrogens with two attached hydrogens (primary N) is 1. The lowest BCUT2D eigenvalue weighted by atomic mass is 9.77. The molecule has 1 aromatic rings. The van der Waals surface area contributed by atoms with Crippen molar-refractivity contribution in [3.63, 3.8) is 0 Å². The highest BCUT2D eigenvalue weighted by Gasteiger charge is 2.41. The van der Waals surface area contributed by atoms with Crippen molar-refractivity contribution in [2.24, 2.45) is 10.7 Å². The van der Waals surface area contributed by atoms with E-state index in [1.54, 1.807) is 20.4 Å². The van der Waals surface area contributed by atoms with Crippen LogP contribution in [0.2, 0.25) is 0 Å². The van der Waals surface area contributed by atoms with E-state index in [9.17, 15) is 5.26 Å². The summed E-state index contributed by atoms with van der Waals surface area (Å²) in [4.78, 5) is 4.33. The van der Waals surface area contributed by atoms with Crippen LogP contribution in [0.4, 0.5) is 0 Å². The van der Waals surface area contributed by atoms with E-state index in [0.29, 0.717) is 17.1 Å². The van der Waals surface area contributed by atoms with Crippen molar-refractivity contribution in [1.82, 2.24) is 0 Å². The maximum Gasteiger partial charge on any atom is 0.200 e. The number of nitrogens with zero attached hydrogens (tertiary/aromatic N) is 2. The molecule has 0 fully saturated rings. The van der Waals surface area contributed by atoms with Gasteiger partial charge in [0.05, 0.1) is 25.8 Å². The van der Waals surface area contributed by atoms with Gasteiger partial charge in [-0.1, -0.05) is 22.0 Å². The Morgan fingerprint density at radius 2 is 1.93 bits per heavy atom. The van der Waals surface area contributed by atoms with Gasteiger partial charge in [-0.15, -0.1) is 0 Å². The SMILES string of the molecule is COc1cc(Br)c(C2C3=CC=C4N=CC=C4C3OC(N)=C2C#N)cc1OC. The van der Waals surface area contributed by atoms with Gasteiger partial charge >= 0.3 is 0 Å². The smallest absolute Gasteiger partial charge is 0.200 e. The van der Waals surface area contributed by atoms with Crippen molar-refractivity contribution in [2.75, 3.05) is 14.2 Å². The number of fused-ring (bicyclic) bond motifs is 3. The number of nitriles is 1. The average Bonchev–Trinajstić information content (AvgIpc) is 3.16. The van der Waals surface area contributed by atoms with E-state index in [1.165, 1.54) is 0 Å². The fourth-order valence-electron chi connectivity index (χ4n) is 3.59.